The molecule has 0 N–H and O–H groups in total. The van der Waals surface area contributed by atoms with Gasteiger partial charge in [-0.3, -0.25) is 14.4 Å². The molecule has 0 saturated carbocycles. The molecule has 0 aromatic heterocycles. The molecule has 2 unspecified atom stereocenters. The Kier molecular flexibility index (Phi) is 8.12. The van der Waals surface area contributed by atoms with Crippen LogP contribution in [-0.2, 0) is 4.79 Å². The fourth-order valence-electron chi connectivity index (χ4n) is 4.99. The largest absolute Gasteiger partial charge is 0.480 e. The van der Waals surface area contributed by atoms with Crippen molar-refractivity contribution < 1.29 is 19.1 Å². The van der Waals surface area contributed by atoms with Gasteiger partial charge in [-0.15, -0.1) is 11.8 Å². The summed E-state index contributed by atoms with van der Waals surface area (Å²) in [6.45, 7) is 9.79. The van der Waals surface area contributed by atoms with Gasteiger partial charge in [-0.2, -0.15) is 0 Å². The minimum Gasteiger partial charge on any atom is -0.480 e. The summed E-state index contributed by atoms with van der Waals surface area (Å²) >= 11 is 1.63. The zero-order chi connectivity index (χ0) is 27.6. The summed E-state index contributed by atoms with van der Waals surface area (Å²) in [6.07, 6.45) is 2.01. The van der Waals surface area contributed by atoms with Crippen molar-refractivity contribution >= 4 is 29.2 Å². The lowest BCUT2D eigenvalue weighted by molar-refractivity contribution is -0.129. The zero-order valence-electron chi connectivity index (χ0n) is 22.9. The monoisotopic (exact) mass is 529 g/mol. The second-order valence-corrected chi connectivity index (χ2v) is 11.4. The van der Waals surface area contributed by atoms with Crippen LogP contribution in [0.1, 0.15) is 64.1 Å². The highest BCUT2D eigenvalue weighted by Crippen LogP contribution is 2.39. The van der Waals surface area contributed by atoms with E-state index in [0.29, 0.717) is 30.0 Å². The number of thioether (sulfide) groups is 1. The second kappa shape index (κ2) is 11.2. The number of hydrogen-bond donors (Lipinski definition) is 0. The third kappa shape index (κ3) is 5.70. The average Bonchev–Trinajstić information content (AvgIpc) is 3.36. The van der Waals surface area contributed by atoms with Crippen molar-refractivity contribution in [3.05, 3.63) is 94.5 Å². The average molecular weight is 530 g/mol. The molecule has 1 amide bonds. The Morgan fingerprint density at radius 3 is 2.05 bits per heavy atom. The normalized spacial score (nSPS) is 17.4. The lowest BCUT2D eigenvalue weighted by Crippen LogP contribution is -2.36. The first-order chi connectivity index (χ1) is 18.0. The summed E-state index contributed by atoms with van der Waals surface area (Å²) in [5.41, 5.74) is 3.13. The molecule has 198 valence electrons. The van der Waals surface area contributed by atoms with Gasteiger partial charge in [0.15, 0.2) is 17.2 Å². The standard InChI is InChI=1S/C32H35NO4S/c1-20-16-25(17-21(2)30(20)37-32(4,5)22(3)34)27-18-33(31(36)24-10-8-7-9-11-24)19-28(27)29(35)23-12-14-26(38-6)15-13-23/h7-17,27-28H,18-19H2,1-6H3. The summed E-state index contributed by atoms with van der Waals surface area (Å²) in [7, 11) is 0. The molecule has 0 bridgehead atoms. The molecule has 1 aliphatic rings. The lowest BCUT2D eigenvalue weighted by atomic mass is 9.82. The third-order valence-electron chi connectivity index (χ3n) is 7.46. The van der Waals surface area contributed by atoms with Gasteiger partial charge >= 0.3 is 0 Å². The van der Waals surface area contributed by atoms with Gasteiger partial charge in [0, 0.05) is 40.9 Å². The van der Waals surface area contributed by atoms with E-state index in [4.69, 9.17) is 4.74 Å². The van der Waals surface area contributed by atoms with Gasteiger partial charge < -0.3 is 9.64 Å². The Labute approximate surface area is 229 Å². The van der Waals surface area contributed by atoms with E-state index in [2.05, 4.69) is 0 Å². The van der Waals surface area contributed by atoms with E-state index in [-0.39, 0.29) is 29.3 Å². The number of carbonyl (C=O) groups is 3. The molecule has 4 rings (SSSR count). The minimum absolute atomic E-state index is 0.0411. The molecular formula is C32H35NO4S. The number of ether oxygens (including phenoxy) is 1. The van der Waals surface area contributed by atoms with Crippen molar-refractivity contribution in [2.24, 2.45) is 5.92 Å². The number of aryl methyl sites for hydroxylation is 2. The van der Waals surface area contributed by atoms with Crippen LogP contribution in [0.3, 0.4) is 0 Å². The van der Waals surface area contributed by atoms with Crippen LogP contribution in [0.15, 0.2) is 71.6 Å². The fourth-order valence-corrected chi connectivity index (χ4v) is 5.40. The lowest BCUT2D eigenvalue weighted by Gasteiger charge is -2.27. The number of carbonyl (C=O) groups excluding carboxylic acids is 3. The van der Waals surface area contributed by atoms with Crippen molar-refractivity contribution in [2.45, 2.75) is 51.0 Å². The number of hydrogen-bond acceptors (Lipinski definition) is 5. The quantitative estimate of drug-likeness (QED) is 0.246. The number of benzene rings is 3. The van der Waals surface area contributed by atoms with E-state index in [1.807, 2.05) is 86.8 Å². The maximum absolute atomic E-state index is 13.8. The number of nitrogens with zero attached hydrogens (tertiary/aromatic N) is 1. The summed E-state index contributed by atoms with van der Waals surface area (Å²) in [6, 6.07) is 21.0. The van der Waals surface area contributed by atoms with Gasteiger partial charge in [0.2, 0.25) is 0 Å². The Hall–Kier alpha value is -3.38. The highest BCUT2D eigenvalue weighted by Gasteiger charge is 2.41. The maximum atomic E-state index is 13.8. The summed E-state index contributed by atoms with van der Waals surface area (Å²) in [5, 5.41) is 0. The van der Waals surface area contributed by atoms with Crippen LogP contribution in [0, 0.1) is 19.8 Å². The first kappa shape index (κ1) is 27.6. The molecule has 1 heterocycles. The molecule has 5 nitrogen and oxygen atoms in total. The molecule has 1 aliphatic heterocycles. The zero-order valence-corrected chi connectivity index (χ0v) is 23.7. The fraction of sp³-hybridized carbons (Fsp3) is 0.344. The van der Waals surface area contributed by atoms with Crippen LogP contribution >= 0.6 is 11.8 Å². The van der Waals surface area contributed by atoms with Crippen molar-refractivity contribution in [3.63, 3.8) is 0 Å². The highest BCUT2D eigenvalue weighted by atomic mass is 32.2. The Morgan fingerprint density at radius 1 is 0.895 bits per heavy atom. The summed E-state index contributed by atoms with van der Waals surface area (Å²) in [4.78, 5) is 42.2. The van der Waals surface area contributed by atoms with Crippen LogP contribution in [0.5, 0.6) is 5.75 Å². The Bertz CT molecular complexity index is 1320. The predicted octanol–water partition coefficient (Wildman–Crippen LogP) is 6.51. The smallest absolute Gasteiger partial charge is 0.253 e. The first-order valence-corrected chi connectivity index (χ1v) is 14.1. The van der Waals surface area contributed by atoms with Gasteiger partial charge in [0.1, 0.15) is 5.75 Å². The molecule has 0 aliphatic carbocycles. The van der Waals surface area contributed by atoms with E-state index in [9.17, 15) is 14.4 Å². The van der Waals surface area contributed by atoms with Crippen LogP contribution in [0.2, 0.25) is 0 Å². The summed E-state index contributed by atoms with van der Waals surface area (Å²) in [5.74, 6) is 0.0633. The number of Topliss-reactive ketones (excluding diaryl/α,β-unsaturated/α-hetero) is 2. The molecule has 0 spiro atoms. The van der Waals surface area contributed by atoms with E-state index >= 15 is 0 Å². The predicted molar refractivity (Wildman–Crippen MR) is 152 cm³/mol. The molecule has 38 heavy (non-hydrogen) atoms. The first-order valence-electron chi connectivity index (χ1n) is 12.9. The third-order valence-corrected chi connectivity index (χ3v) is 8.20. The minimum atomic E-state index is -0.940. The molecule has 1 saturated heterocycles. The van der Waals surface area contributed by atoms with Gasteiger partial charge in [-0.1, -0.05) is 42.5 Å². The van der Waals surface area contributed by atoms with E-state index < -0.39 is 5.60 Å². The van der Waals surface area contributed by atoms with Gasteiger partial charge in [-0.05, 0) is 81.8 Å². The van der Waals surface area contributed by atoms with Crippen molar-refractivity contribution in [3.8, 4) is 5.75 Å². The SMILES string of the molecule is CSc1ccc(C(=O)C2CN(C(=O)c3ccccc3)CC2c2cc(C)c(OC(C)(C)C(C)=O)c(C)c2)cc1. The Balaban J connectivity index is 1.70. The molecular weight excluding hydrogens is 494 g/mol. The van der Waals surface area contributed by atoms with Crippen molar-refractivity contribution in [1.82, 2.24) is 4.90 Å². The summed E-state index contributed by atoms with van der Waals surface area (Å²) < 4.78 is 6.14. The molecule has 6 heteroatoms. The van der Waals surface area contributed by atoms with E-state index in [1.54, 1.807) is 30.5 Å². The molecule has 3 aromatic carbocycles. The molecule has 2 atom stereocenters. The van der Waals surface area contributed by atoms with E-state index in [1.165, 1.54) is 6.92 Å². The molecule has 1 fully saturated rings. The van der Waals surface area contributed by atoms with Gasteiger partial charge in [0.25, 0.3) is 5.91 Å². The van der Waals surface area contributed by atoms with E-state index in [0.717, 1.165) is 21.6 Å². The number of ketones is 2. The van der Waals surface area contributed by atoms with Crippen LogP contribution < -0.4 is 4.74 Å². The maximum Gasteiger partial charge on any atom is 0.253 e. The van der Waals surface area contributed by atoms with Crippen molar-refractivity contribution in [2.75, 3.05) is 19.3 Å². The number of likely N-dealkylation sites (tertiary alicyclic amines) is 1. The van der Waals surface area contributed by atoms with Crippen LogP contribution in [-0.4, -0.2) is 47.3 Å². The van der Waals surface area contributed by atoms with Crippen LogP contribution in [0.4, 0.5) is 0 Å². The molecule has 3 aromatic rings. The van der Waals surface area contributed by atoms with Gasteiger partial charge in [0.05, 0.1) is 0 Å². The number of rotatable bonds is 8. The topological polar surface area (TPSA) is 63.7 Å². The van der Waals surface area contributed by atoms with Gasteiger partial charge in [-0.25, -0.2) is 0 Å². The Morgan fingerprint density at radius 2 is 1.50 bits per heavy atom. The second-order valence-electron chi connectivity index (χ2n) is 10.5. The van der Waals surface area contributed by atoms with Crippen LogP contribution in [0.25, 0.3) is 0 Å². The number of amides is 1. The van der Waals surface area contributed by atoms with Crippen molar-refractivity contribution in [1.29, 1.82) is 0 Å². The molecule has 0 radical (unpaired) electrons. The highest BCUT2D eigenvalue weighted by molar-refractivity contribution is 7.98.